The number of imidazole rings is 1. The van der Waals surface area contributed by atoms with Gasteiger partial charge in [-0.05, 0) is 18.1 Å². The van der Waals surface area contributed by atoms with E-state index in [1.165, 1.54) is 0 Å². The van der Waals surface area contributed by atoms with Gasteiger partial charge < -0.3 is 0 Å². The van der Waals surface area contributed by atoms with Gasteiger partial charge in [0.2, 0.25) is 0 Å². The van der Waals surface area contributed by atoms with E-state index in [4.69, 9.17) is 11.6 Å². The molecule has 0 aliphatic rings. The number of alkyl halides is 1. The molecule has 0 saturated heterocycles. The highest BCUT2D eigenvalue weighted by Gasteiger charge is 2.01. The molecule has 2 heterocycles. The average Bonchev–Trinajstić information content (AvgIpc) is 2.62. The Morgan fingerprint density at radius 1 is 1.47 bits per heavy atom. The second kappa shape index (κ2) is 4.65. The van der Waals surface area contributed by atoms with E-state index >= 15 is 0 Å². The summed E-state index contributed by atoms with van der Waals surface area (Å²) in [5, 5.41) is 5.42. The number of fused-ring (bicyclic) bond motifs is 1. The van der Waals surface area contributed by atoms with Crippen molar-refractivity contribution in [1.82, 2.24) is 14.6 Å². The highest BCUT2D eigenvalue weighted by atomic mass is 79.9. The summed E-state index contributed by atoms with van der Waals surface area (Å²) < 4.78 is 1.64. The van der Waals surface area contributed by atoms with E-state index in [0.29, 0.717) is 5.15 Å². The van der Waals surface area contributed by atoms with E-state index in [1.54, 1.807) is 16.8 Å². The summed E-state index contributed by atoms with van der Waals surface area (Å²) in [6, 6.07) is 3.52. The summed E-state index contributed by atoms with van der Waals surface area (Å²) in [6.07, 6.45) is 2.49. The summed E-state index contributed by atoms with van der Waals surface area (Å²) in [7, 11) is 0. The summed E-state index contributed by atoms with van der Waals surface area (Å²) in [4.78, 5) is 4.17. The van der Waals surface area contributed by atoms with Crippen molar-refractivity contribution < 1.29 is 0 Å². The molecule has 76 valence electrons. The number of hydrogen-bond acceptors (Lipinski definition) is 2. The van der Waals surface area contributed by atoms with Gasteiger partial charge >= 0.3 is 0 Å². The van der Waals surface area contributed by atoms with Crippen LogP contribution in [0, 0.1) is 11.8 Å². The van der Waals surface area contributed by atoms with Gasteiger partial charge in [-0.15, -0.1) is 0 Å². The number of aromatic nitrogens is 3. The van der Waals surface area contributed by atoms with Crippen molar-refractivity contribution in [2.24, 2.45) is 0 Å². The van der Waals surface area contributed by atoms with Crippen LogP contribution >= 0.6 is 27.5 Å². The zero-order valence-electron chi connectivity index (χ0n) is 7.74. The van der Waals surface area contributed by atoms with E-state index < -0.39 is 0 Å². The number of halogens is 2. The predicted octanol–water partition coefficient (Wildman–Crippen LogP) is 2.52. The first-order chi connectivity index (χ1) is 7.31. The van der Waals surface area contributed by atoms with Crippen LogP contribution in [-0.4, -0.2) is 19.9 Å². The average molecular weight is 285 g/mol. The van der Waals surface area contributed by atoms with E-state index in [2.05, 4.69) is 37.9 Å². The molecule has 0 N–H and O–H groups in total. The van der Waals surface area contributed by atoms with Crippen LogP contribution in [0.3, 0.4) is 0 Å². The molecular weight excluding hydrogens is 277 g/mol. The van der Waals surface area contributed by atoms with Gasteiger partial charge in [0.1, 0.15) is 10.8 Å². The lowest BCUT2D eigenvalue weighted by Gasteiger charge is -1.93. The third kappa shape index (κ3) is 2.31. The van der Waals surface area contributed by atoms with Gasteiger partial charge in [-0.25, -0.2) is 9.50 Å². The summed E-state index contributed by atoms with van der Waals surface area (Å²) >= 11 is 9.11. The minimum absolute atomic E-state index is 0.434. The van der Waals surface area contributed by atoms with Crippen molar-refractivity contribution in [1.29, 1.82) is 0 Å². The SMILES string of the molecule is Clc1ccc2ncc(C#CCCBr)n2n1. The van der Waals surface area contributed by atoms with Crippen LogP contribution in [0.4, 0.5) is 0 Å². The molecular formula is C10H7BrClN3. The monoisotopic (exact) mass is 283 g/mol. The van der Waals surface area contributed by atoms with Crippen molar-refractivity contribution in [3.63, 3.8) is 0 Å². The molecule has 0 atom stereocenters. The molecule has 0 radical (unpaired) electrons. The molecule has 0 amide bonds. The van der Waals surface area contributed by atoms with Gasteiger partial charge in [0.05, 0.1) is 6.20 Å². The Hall–Kier alpha value is -1.05. The van der Waals surface area contributed by atoms with Gasteiger partial charge in [0.15, 0.2) is 5.65 Å². The smallest absolute Gasteiger partial charge is 0.155 e. The molecule has 0 aliphatic carbocycles. The lowest BCUT2D eigenvalue weighted by atomic mass is 10.4. The van der Waals surface area contributed by atoms with E-state index in [-0.39, 0.29) is 0 Å². The highest BCUT2D eigenvalue weighted by Crippen LogP contribution is 2.08. The van der Waals surface area contributed by atoms with Gasteiger partial charge in [-0.3, -0.25) is 0 Å². The van der Waals surface area contributed by atoms with Crippen molar-refractivity contribution in [3.05, 3.63) is 29.2 Å². The van der Waals surface area contributed by atoms with Crippen LogP contribution in [0.1, 0.15) is 12.1 Å². The third-order valence-electron chi connectivity index (χ3n) is 1.77. The van der Waals surface area contributed by atoms with Crippen molar-refractivity contribution in [2.45, 2.75) is 6.42 Å². The molecule has 0 unspecified atom stereocenters. The van der Waals surface area contributed by atoms with Crippen LogP contribution in [0.2, 0.25) is 5.15 Å². The summed E-state index contributed by atoms with van der Waals surface area (Å²) in [5.74, 6) is 6.00. The number of nitrogens with zero attached hydrogens (tertiary/aromatic N) is 3. The zero-order chi connectivity index (χ0) is 10.7. The highest BCUT2D eigenvalue weighted by molar-refractivity contribution is 9.09. The molecule has 0 spiro atoms. The molecule has 2 aromatic heterocycles. The van der Waals surface area contributed by atoms with Crippen LogP contribution in [0.15, 0.2) is 18.3 Å². The van der Waals surface area contributed by atoms with Gasteiger partial charge in [-0.1, -0.05) is 33.5 Å². The standard InChI is InChI=1S/C10H7BrClN3/c11-6-2-1-3-8-7-13-10-5-4-9(12)14-15(8)10/h4-5,7H,2,6H2. The fraction of sp³-hybridized carbons (Fsp3) is 0.200. The van der Waals surface area contributed by atoms with Gasteiger partial charge in [0.25, 0.3) is 0 Å². The zero-order valence-corrected chi connectivity index (χ0v) is 10.1. The topological polar surface area (TPSA) is 30.2 Å². The predicted molar refractivity (Wildman–Crippen MR) is 63.3 cm³/mol. The quantitative estimate of drug-likeness (QED) is 0.595. The molecule has 5 heteroatoms. The number of hydrogen-bond donors (Lipinski definition) is 0. The maximum Gasteiger partial charge on any atom is 0.155 e. The van der Waals surface area contributed by atoms with Gasteiger partial charge in [0, 0.05) is 11.8 Å². The molecule has 0 aliphatic heterocycles. The first-order valence-electron chi connectivity index (χ1n) is 4.36. The second-order valence-corrected chi connectivity index (χ2v) is 3.99. The summed E-state index contributed by atoms with van der Waals surface area (Å²) in [5.41, 5.74) is 1.51. The molecule has 3 nitrogen and oxygen atoms in total. The van der Waals surface area contributed by atoms with E-state index in [1.807, 2.05) is 6.07 Å². The molecule has 0 aromatic carbocycles. The van der Waals surface area contributed by atoms with E-state index in [9.17, 15) is 0 Å². The summed E-state index contributed by atoms with van der Waals surface area (Å²) in [6.45, 7) is 0. The van der Waals surface area contributed by atoms with Crippen LogP contribution in [0.5, 0.6) is 0 Å². The first kappa shape index (κ1) is 10.5. The Bertz CT molecular complexity index is 538. The maximum atomic E-state index is 5.79. The minimum Gasteiger partial charge on any atom is -0.234 e. The van der Waals surface area contributed by atoms with Crippen LogP contribution in [0.25, 0.3) is 5.65 Å². The Morgan fingerprint density at radius 2 is 2.33 bits per heavy atom. The number of rotatable bonds is 1. The molecule has 2 rings (SSSR count). The Morgan fingerprint density at radius 3 is 3.13 bits per heavy atom. The second-order valence-electron chi connectivity index (χ2n) is 2.81. The largest absolute Gasteiger partial charge is 0.234 e. The lowest BCUT2D eigenvalue weighted by Crippen LogP contribution is -1.93. The van der Waals surface area contributed by atoms with Crippen LogP contribution < -0.4 is 0 Å². The molecule has 15 heavy (non-hydrogen) atoms. The lowest BCUT2D eigenvalue weighted by molar-refractivity contribution is 0.923. The van der Waals surface area contributed by atoms with E-state index in [0.717, 1.165) is 23.1 Å². The fourth-order valence-corrected chi connectivity index (χ4v) is 1.47. The normalized spacial score (nSPS) is 10.0. The molecule has 0 fully saturated rings. The molecule has 0 bridgehead atoms. The van der Waals surface area contributed by atoms with Crippen molar-refractivity contribution in [3.8, 4) is 11.8 Å². The fourth-order valence-electron chi connectivity index (χ4n) is 1.14. The Labute approximate surface area is 101 Å². The minimum atomic E-state index is 0.434. The van der Waals surface area contributed by atoms with Crippen molar-refractivity contribution >= 4 is 33.2 Å². The molecule has 0 saturated carbocycles. The van der Waals surface area contributed by atoms with Gasteiger partial charge in [-0.2, -0.15) is 5.10 Å². The molecule has 2 aromatic rings. The first-order valence-corrected chi connectivity index (χ1v) is 5.86. The maximum absolute atomic E-state index is 5.79. The van der Waals surface area contributed by atoms with Crippen LogP contribution in [-0.2, 0) is 0 Å². The van der Waals surface area contributed by atoms with Crippen molar-refractivity contribution in [2.75, 3.05) is 5.33 Å². The Balaban J connectivity index is 2.45. The third-order valence-corrected chi connectivity index (χ3v) is 2.36. The Kier molecular flexibility index (Phi) is 3.24.